The fourth-order valence-corrected chi connectivity index (χ4v) is 4.34. The van der Waals surface area contributed by atoms with E-state index in [1.807, 2.05) is 13.0 Å². The molecular weight excluding hydrogens is 309 g/mol. The molecule has 0 fully saturated rings. The molecule has 1 aliphatic rings. The van der Waals surface area contributed by atoms with Crippen LogP contribution < -0.4 is 5.32 Å². The van der Waals surface area contributed by atoms with Gasteiger partial charge in [0, 0.05) is 19.0 Å². The zero-order valence-electron chi connectivity index (χ0n) is 11.1. The summed E-state index contributed by atoms with van der Waals surface area (Å²) in [5.41, 5.74) is 1.86. The number of hydrogen-bond acceptors (Lipinski definition) is 6. The van der Waals surface area contributed by atoms with Gasteiger partial charge in [-0.05, 0) is 6.92 Å². The third kappa shape index (κ3) is 1.89. The Bertz CT molecular complexity index is 885. The molecule has 3 aromatic heterocycles. The van der Waals surface area contributed by atoms with Crippen LogP contribution in [0.15, 0.2) is 6.07 Å². The smallest absolute Gasteiger partial charge is 0.212 e. The lowest BCUT2D eigenvalue weighted by molar-refractivity contribution is 0.519. The minimum atomic E-state index is -0.344. The summed E-state index contributed by atoms with van der Waals surface area (Å²) in [5, 5.41) is 17.7. The molecule has 106 valence electrons. The summed E-state index contributed by atoms with van der Waals surface area (Å²) in [6.07, 6.45) is 0.805. The highest BCUT2D eigenvalue weighted by atomic mass is 32.1. The monoisotopic (exact) mass is 319 g/mol. The van der Waals surface area contributed by atoms with Gasteiger partial charge in [-0.15, -0.1) is 11.3 Å². The normalized spacial score (nSPS) is 17.9. The van der Waals surface area contributed by atoms with Crippen LogP contribution in [0.25, 0.3) is 4.96 Å². The van der Waals surface area contributed by atoms with Gasteiger partial charge in [-0.3, -0.25) is 0 Å². The van der Waals surface area contributed by atoms with E-state index < -0.39 is 0 Å². The Kier molecular flexibility index (Phi) is 2.82. The molecule has 1 atom stereocenters. The molecule has 21 heavy (non-hydrogen) atoms. The molecule has 0 amide bonds. The minimum Gasteiger partial charge on any atom is -0.304 e. The lowest BCUT2D eigenvalue weighted by Crippen LogP contribution is -2.31. The Morgan fingerprint density at radius 3 is 3.14 bits per heavy atom. The van der Waals surface area contributed by atoms with Gasteiger partial charge in [-0.2, -0.15) is 10.4 Å². The molecule has 1 N–H and O–H groups in total. The summed E-state index contributed by atoms with van der Waals surface area (Å²) in [7, 11) is 0. The molecule has 0 bridgehead atoms. The summed E-state index contributed by atoms with van der Waals surface area (Å²) in [4.78, 5) is 6.35. The van der Waals surface area contributed by atoms with Crippen LogP contribution in [0.3, 0.4) is 0 Å². The van der Waals surface area contributed by atoms with E-state index >= 15 is 0 Å². The summed E-state index contributed by atoms with van der Waals surface area (Å²) in [5.74, 6) is -0.344. The second-order valence-electron chi connectivity index (χ2n) is 4.83. The van der Waals surface area contributed by atoms with E-state index in [1.54, 1.807) is 4.52 Å². The summed E-state index contributed by atoms with van der Waals surface area (Å²) in [6, 6.07) is 3.00. The maximum absolute atomic E-state index is 14.2. The first-order valence-corrected chi connectivity index (χ1v) is 8.08. The van der Waals surface area contributed by atoms with Crippen LogP contribution in [0.1, 0.15) is 32.2 Å². The largest absolute Gasteiger partial charge is 0.304 e. The zero-order chi connectivity index (χ0) is 14.6. The van der Waals surface area contributed by atoms with Crippen molar-refractivity contribution in [2.75, 3.05) is 6.54 Å². The van der Waals surface area contributed by atoms with Crippen molar-refractivity contribution in [3.63, 3.8) is 0 Å². The summed E-state index contributed by atoms with van der Waals surface area (Å²) < 4.78 is 16.0. The van der Waals surface area contributed by atoms with Gasteiger partial charge in [0.15, 0.2) is 0 Å². The van der Waals surface area contributed by atoms with E-state index in [0.717, 1.165) is 34.3 Å². The van der Waals surface area contributed by atoms with Crippen molar-refractivity contribution in [3.05, 3.63) is 38.0 Å². The van der Waals surface area contributed by atoms with Gasteiger partial charge < -0.3 is 5.32 Å². The molecular formula is C13H10FN5S2. The van der Waals surface area contributed by atoms with Gasteiger partial charge in [0.2, 0.25) is 4.96 Å². The van der Waals surface area contributed by atoms with Gasteiger partial charge >= 0.3 is 0 Å². The number of fused-ring (bicyclic) bond motifs is 3. The van der Waals surface area contributed by atoms with Crippen molar-refractivity contribution in [2.24, 2.45) is 0 Å². The van der Waals surface area contributed by atoms with Crippen molar-refractivity contribution in [3.8, 4) is 6.07 Å². The molecule has 1 unspecified atom stereocenters. The fraction of sp³-hybridized carbons (Fsp3) is 0.308. The number of thiophene rings is 1. The lowest BCUT2D eigenvalue weighted by Gasteiger charge is -2.22. The first kappa shape index (κ1) is 12.9. The minimum absolute atomic E-state index is 0.294. The molecule has 0 saturated heterocycles. The Balaban J connectivity index is 1.92. The van der Waals surface area contributed by atoms with Crippen LogP contribution in [0.2, 0.25) is 0 Å². The second kappa shape index (κ2) is 4.59. The van der Waals surface area contributed by atoms with Gasteiger partial charge in [0.05, 0.1) is 22.3 Å². The first-order valence-electron chi connectivity index (χ1n) is 6.45. The van der Waals surface area contributed by atoms with Crippen molar-refractivity contribution in [2.45, 2.75) is 19.4 Å². The fourth-order valence-electron chi connectivity index (χ4n) is 2.66. The number of hydrogen-bond donors (Lipinski definition) is 1. The van der Waals surface area contributed by atoms with Gasteiger partial charge in [-0.25, -0.2) is 13.9 Å². The molecule has 3 aromatic rings. The number of nitrogens with zero attached hydrogens (tertiary/aromatic N) is 4. The van der Waals surface area contributed by atoms with Crippen molar-refractivity contribution < 1.29 is 4.39 Å². The Labute approximate surface area is 127 Å². The Morgan fingerprint density at radius 2 is 2.38 bits per heavy atom. The van der Waals surface area contributed by atoms with Crippen molar-refractivity contribution >= 4 is 27.6 Å². The maximum atomic E-state index is 14.2. The summed E-state index contributed by atoms with van der Waals surface area (Å²) >= 11 is 2.71. The molecule has 4 rings (SSSR count). The number of nitriles is 1. The first-order chi connectivity index (χ1) is 10.2. The average molecular weight is 319 g/mol. The molecule has 4 heterocycles. The predicted octanol–water partition coefficient (Wildman–Crippen LogP) is 2.41. The average Bonchev–Trinajstić information content (AvgIpc) is 3.10. The second-order valence-corrected chi connectivity index (χ2v) is 7.07. The number of aryl methyl sites for hydroxylation is 1. The Morgan fingerprint density at radius 1 is 1.52 bits per heavy atom. The van der Waals surface area contributed by atoms with Crippen LogP contribution in [0.4, 0.5) is 4.39 Å². The van der Waals surface area contributed by atoms with Crippen LogP contribution in [-0.4, -0.2) is 21.1 Å². The van der Waals surface area contributed by atoms with Gasteiger partial charge in [0.25, 0.3) is 0 Å². The Hall–Kier alpha value is -1.82. The quantitative estimate of drug-likeness (QED) is 0.748. The van der Waals surface area contributed by atoms with Crippen LogP contribution in [0.5, 0.6) is 0 Å². The van der Waals surface area contributed by atoms with Gasteiger partial charge in [0.1, 0.15) is 21.8 Å². The van der Waals surface area contributed by atoms with E-state index in [4.69, 9.17) is 5.26 Å². The number of aromatic nitrogens is 3. The third-order valence-corrected chi connectivity index (χ3v) is 5.39. The van der Waals surface area contributed by atoms with Crippen LogP contribution >= 0.6 is 22.7 Å². The topological polar surface area (TPSA) is 66.0 Å². The van der Waals surface area contributed by atoms with E-state index in [9.17, 15) is 4.39 Å². The zero-order valence-corrected chi connectivity index (χ0v) is 12.7. The SMILES string of the molecule is Cc1nn2c3c(nc2s1)CCNC3c1sc(C#N)cc1F. The van der Waals surface area contributed by atoms with E-state index in [1.165, 1.54) is 28.7 Å². The van der Waals surface area contributed by atoms with E-state index in [-0.39, 0.29) is 11.9 Å². The number of halogens is 1. The molecule has 0 aliphatic carbocycles. The summed E-state index contributed by atoms with van der Waals surface area (Å²) in [6.45, 7) is 2.66. The molecule has 0 radical (unpaired) electrons. The third-order valence-electron chi connectivity index (χ3n) is 3.48. The standard InChI is InChI=1S/C13H10FN5S2/c1-6-18-19-11-9(17-13(19)20-6)2-3-16-10(11)12-8(14)4-7(5-15)21-12/h4,10,16H,2-3H2,1H3. The predicted molar refractivity (Wildman–Crippen MR) is 78.1 cm³/mol. The highest BCUT2D eigenvalue weighted by molar-refractivity contribution is 7.16. The highest BCUT2D eigenvalue weighted by Crippen LogP contribution is 2.35. The molecule has 8 heteroatoms. The molecule has 0 spiro atoms. The van der Waals surface area contributed by atoms with Gasteiger partial charge in [-0.1, -0.05) is 11.3 Å². The lowest BCUT2D eigenvalue weighted by atomic mass is 10.0. The number of nitrogens with one attached hydrogen (secondary N) is 1. The van der Waals surface area contributed by atoms with Crippen molar-refractivity contribution in [1.82, 2.24) is 19.9 Å². The molecule has 0 saturated carbocycles. The highest BCUT2D eigenvalue weighted by Gasteiger charge is 2.31. The number of imidazole rings is 1. The van der Waals surface area contributed by atoms with Crippen molar-refractivity contribution in [1.29, 1.82) is 5.26 Å². The molecule has 5 nitrogen and oxygen atoms in total. The van der Waals surface area contributed by atoms with E-state index in [0.29, 0.717) is 9.75 Å². The molecule has 1 aliphatic heterocycles. The maximum Gasteiger partial charge on any atom is 0.212 e. The number of rotatable bonds is 1. The van der Waals surface area contributed by atoms with E-state index in [2.05, 4.69) is 15.4 Å². The molecule has 0 aromatic carbocycles. The van der Waals surface area contributed by atoms with Crippen LogP contribution in [0, 0.1) is 24.1 Å². The van der Waals surface area contributed by atoms with Crippen LogP contribution in [-0.2, 0) is 6.42 Å².